The van der Waals surface area contributed by atoms with Crippen LogP contribution in [0.4, 0.5) is 0 Å². The Hall–Kier alpha value is -2.95. The number of thiophene rings is 1. The molecule has 0 aliphatic carbocycles. The molecule has 1 aliphatic rings. The van der Waals surface area contributed by atoms with Crippen LogP contribution in [-0.2, 0) is 29.2 Å². The molecule has 0 spiro atoms. The van der Waals surface area contributed by atoms with Crippen LogP contribution in [0, 0.1) is 0 Å². The highest BCUT2D eigenvalue weighted by Gasteiger charge is 2.21. The van der Waals surface area contributed by atoms with Crippen molar-refractivity contribution in [2.24, 2.45) is 0 Å². The van der Waals surface area contributed by atoms with Crippen molar-refractivity contribution in [1.29, 1.82) is 0 Å². The molecule has 10 heteroatoms. The Morgan fingerprint density at radius 2 is 1.94 bits per heavy atom. The van der Waals surface area contributed by atoms with Crippen LogP contribution in [0.15, 0.2) is 34.4 Å². The number of carbonyl (C=O) groups excluding carboxylic acids is 1. The van der Waals surface area contributed by atoms with Crippen LogP contribution in [0.5, 0.6) is 11.5 Å². The molecule has 176 valence electrons. The zero-order valence-electron chi connectivity index (χ0n) is 19.1. The van der Waals surface area contributed by atoms with Crippen molar-refractivity contribution in [2.45, 2.75) is 19.6 Å². The molecule has 9 nitrogen and oxygen atoms in total. The lowest BCUT2D eigenvalue weighted by Crippen LogP contribution is -2.40. The average Bonchev–Trinajstić information content (AvgIpc) is 3.34. The molecule has 0 radical (unpaired) electrons. The molecular weight excluding hydrogens is 444 g/mol. The number of hydrogen-bond acceptors (Lipinski definition) is 8. The maximum Gasteiger partial charge on any atom is 0.262 e. The first-order valence-electron chi connectivity index (χ1n) is 10.7. The summed E-state index contributed by atoms with van der Waals surface area (Å²) in [4.78, 5) is 36.3. The van der Waals surface area contributed by atoms with Crippen LogP contribution in [-0.4, -0.2) is 72.8 Å². The number of hydrogen-bond donors (Lipinski definition) is 0. The number of ether oxygens (including phenoxy) is 3. The Labute approximate surface area is 196 Å². The Morgan fingerprint density at radius 3 is 2.61 bits per heavy atom. The van der Waals surface area contributed by atoms with Gasteiger partial charge in [0.05, 0.1) is 51.4 Å². The third kappa shape index (κ3) is 5.18. The van der Waals surface area contributed by atoms with Gasteiger partial charge in [-0.1, -0.05) is 6.07 Å². The van der Waals surface area contributed by atoms with Gasteiger partial charge in [0, 0.05) is 31.1 Å². The molecule has 1 aromatic carbocycles. The lowest BCUT2D eigenvalue weighted by molar-refractivity contribution is -0.131. The van der Waals surface area contributed by atoms with Gasteiger partial charge in [-0.05, 0) is 17.5 Å². The molecule has 1 fully saturated rings. The van der Waals surface area contributed by atoms with Crippen LogP contribution >= 0.6 is 11.3 Å². The average molecular weight is 473 g/mol. The minimum absolute atomic E-state index is 0.0856. The molecular formula is C23H28N4O5S. The maximum atomic E-state index is 13.5. The Morgan fingerprint density at radius 1 is 1.21 bits per heavy atom. The molecule has 3 aromatic rings. The first kappa shape index (κ1) is 23.2. The minimum Gasteiger partial charge on any atom is -0.493 e. The van der Waals surface area contributed by atoms with E-state index in [9.17, 15) is 9.59 Å². The smallest absolute Gasteiger partial charge is 0.262 e. The molecule has 3 heterocycles. The third-order valence-electron chi connectivity index (χ3n) is 5.70. The fraction of sp³-hybridized carbons (Fsp3) is 0.435. The van der Waals surface area contributed by atoms with E-state index in [2.05, 4.69) is 4.90 Å². The summed E-state index contributed by atoms with van der Waals surface area (Å²) in [6.45, 7) is 3.60. The first-order valence-corrected chi connectivity index (χ1v) is 11.6. The number of fused-ring (bicyclic) bond motifs is 1. The Kier molecular flexibility index (Phi) is 7.26. The van der Waals surface area contributed by atoms with Crippen LogP contribution in [0.25, 0.3) is 10.9 Å². The summed E-state index contributed by atoms with van der Waals surface area (Å²) in [5.74, 6) is 1.33. The molecule has 0 saturated carbocycles. The van der Waals surface area contributed by atoms with Crippen molar-refractivity contribution < 1.29 is 19.0 Å². The lowest BCUT2D eigenvalue weighted by atomic mass is 10.2. The van der Waals surface area contributed by atoms with Crippen LogP contribution < -0.4 is 15.0 Å². The Bertz CT molecular complexity index is 1170. The summed E-state index contributed by atoms with van der Waals surface area (Å²) in [5.41, 5.74) is 0.235. The molecule has 0 atom stereocenters. The number of nitrogens with zero attached hydrogens (tertiary/aromatic N) is 4. The molecule has 1 amide bonds. The largest absolute Gasteiger partial charge is 0.493 e. The van der Waals surface area contributed by atoms with Crippen LogP contribution in [0.3, 0.4) is 0 Å². The fourth-order valence-corrected chi connectivity index (χ4v) is 4.57. The normalized spacial score (nSPS) is 14.4. The van der Waals surface area contributed by atoms with E-state index in [1.807, 2.05) is 17.5 Å². The molecule has 1 aliphatic heterocycles. The number of amides is 1. The predicted molar refractivity (Wildman–Crippen MR) is 126 cm³/mol. The quantitative estimate of drug-likeness (QED) is 0.495. The lowest BCUT2D eigenvalue weighted by Gasteiger charge is -2.27. The number of rotatable bonds is 8. The molecule has 2 aromatic heterocycles. The van der Waals surface area contributed by atoms with Crippen molar-refractivity contribution in [1.82, 2.24) is 19.4 Å². The summed E-state index contributed by atoms with van der Waals surface area (Å²) in [6, 6.07) is 7.27. The highest BCUT2D eigenvalue weighted by atomic mass is 32.1. The molecule has 1 saturated heterocycles. The third-order valence-corrected chi connectivity index (χ3v) is 6.56. The van der Waals surface area contributed by atoms with Crippen molar-refractivity contribution in [3.05, 3.63) is 50.7 Å². The summed E-state index contributed by atoms with van der Waals surface area (Å²) in [6.07, 6.45) is 0. The van der Waals surface area contributed by atoms with Gasteiger partial charge in [0.25, 0.3) is 5.56 Å². The van der Waals surface area contributed by atoms with E-state index in [-0.39, 0.29) is 18.0 Å². The van der Waals surface area contributed by atoms with E-state index in [1.54, 1.807) is 42.5 Å². The maximum absolute atomic E-state index is 13.5. The zero-order chi connectivity index (χ0) is 23.4. The summed E-state index contributed by atoms with van der Waals surface area (Å²) < 4.78 is 17.7. The van der Waals surface area contributed by atoms with E-state index in [0.29, 0.717) is 54.5 Å². The van der Waals surface area contributed by atoms with Crippen LogP contribution in [0.2, 0.25) is 0 Å². The Balaban J connectivity index is 1.72. The van der Waals surface area contributed by atoms with Gasteiger partial charge >= 0.3 is 0 Å². The fourth-order valence-electron chi connectivity index (χ4n) is 3.82. The van der Waals surface area contributed by atoms with Crippen molar-refractivity contribution >= 4 is 28.1 Å². The number of likely N-dealkylation sites (N-methyl/N-ethyl adjacent to an activating group) is 1. The second-order valence-electron chi connectivity index (χ2n) is 7.86. The van der Waals surface area contributed by atoms with Gasteiger partial charge in [0.2, 0.25) is 5.91 Å². The summed E-state index contributed by atoms with van der Waals surface area (Å²) in [7, 11) is 4.81. The standard InChI is InChI=1S/C23H28N4O5S/c1-25(13-16-5-4-10-33-16)22(28)15-27-21(14-26-6-8-32-9-7-26)24-18-12-20(31-3)19(30-2)11-17(18)23(27)29/h4-5,10-12H,6-9,13-15H2,1-3H3. The molecule has 0 N–H and O–H groups in total. The zero-order valence-corrected chi connectivity index (χ0v) is 19.9. The van der Waals surface area contributed by atoms with Crippen LogP contribution in [0.1, 0.15) is 10.7 Å². The van der Waals surface area contributed by atoms with Gasteiger partial charge < -0.3 is 19.1 Å². The molecule has 4 rings (SSSR count). The van der Waals surface area contributed by atoms with Gasteiger partial charge in [-0.25, -0.2) is 4.98 Å². The van der Waals surface area contributed by atoms with E-state index >= 15 is 0 Å². The molecule has 0 unspecified atom stereocenters. The second kappa shape index (κ2) is 10.3. The summed E-state index contributed by atoms with van der Waals surface area (Å²) in [5, 5.41) is 2.36. The van der Waals surface area contributed by atoms with Crippen molar-refractivity contribution in [3.8, 4) is 11.5 Å². The minimum atomic E-state index is -0.276. The number of carbonyl (C=O) groups is 1. The molecule has 33 heavy (non-hydrogen) atoms. The monoisotopic (exact) mass is 472 g/mol. The first-order chi connectivity index (χ1) is 16.0. The topological polar surface area (TPSA) is 86.1 Å². The highest BCUT2D eigenvalue weighted by molar-refractivity contribution is 7.09. The SMILES string of the molecule is COc1cc2nc(CN3CCOCC3)n(CC(=O)N(C)Cc3cccs3)c(=O)c2cc1OC. The van der Waals surface area contributed by atoms with E-state index in [4.69, 9.17) is 19.2 Å². The molecule has 0 bridgehead atoms. The second-order valence-corrected chi connectivity index (χ2v) is 8.89. The van der Waals surface area contributed by atoms with E-state index < -0.39 is 0 Å². The number of aromatic nitrogens is 2. The number of benzene rings is 1. The van der Waals surface area contributed by atoms with Gasteiger partial charge in [-0.15, -0.1) is 11.3 Å². The number of methoxy groups -OCH3 is 2. The van der Waals surface area contributed by atoms with Crippen molar-refractivity contribution in [3.63, 3.8) is 0 Å². The van der Waals surface area contributed by atoms with Gasteiger partial charge in [-0.3, -0.25) is 19.1 Å². The van der Waals surface area contributed by atoms with E-state index in [1.165, 1.54) is 11.7 Å². The predicted octanol–water partition coefficient (Wildman–Crippen LogP) is 1.97. The van der Waals surface area contributed by atoms with Gasteiger partial charge in [-0.2, -0.15) is 0 Å². The van der Waals surface area contributed by atoms with Gasteiger partial charge in [0.1, 0.15) is 12.4 Å². The summed E-state index contributed by atoms with van der Waals surface area (Å²) >= 11 is 1.59. The highest BCUT2D eigenvalue weighted by Crippen LogP contribution is 2.30. The van der Waals surface area contributed by atoms with Crippen molar-refractivity contribution in [2.75, 3.05) is 47.6 Å². The number of morpholine rings is 1. The van der Waals surface area contributed by atoms with Gasteiger partial charge in [0.15, 0.2) is 11.5 Å². The van der Waals surface area contributed by atoms with E-state index in [0.717, 1.165) is 18.0 Å².